The predicted molar refractivity (Wildman–Crippen MR) is 82.6 cm³/mol. The van der Waals surface area contributed by atoms with E-state index in [2.05, 4.69) is 49.5 Å². The Kier molecular flexibility index (Phi) is 9.38. The number of ether oxygens (including phenoxy) is 1. The number of hydrogen-bond acceptors (Lipinski definition) is 2. The number of rotatable bonds is 11. The molecule has 108 valence electrons. The summed E-state index contributed by atoms with van der Waals surface area (Å²) in [6.45, 7) is 7.25. The van der Waals surface area contributed by atoms with Gasteiger partial charge >= 0.3 is 0 Å². The van der Waals surface area contributed by atoms with Crippen molar-refractivity contribution in [1.82, 2.24) is 5.32 Å². The molecule has 0 amide bonds. The van der Waals surface area contributed by atoms with Gasteiger partial charge in [-0.2, -0.15) is 0 Å². The van der Waals surface area contributed by atoms with Crippen molar-refractivity contribution >= 4 is 0 Å². The minimum Gasteiger partial charge on any atom is -0.380 e. The normalized spacial score (nSPS) is 12.5. The lowest BCUT2D eigenvalue weighted by molar-refractivity contribution is 0.107. The molecular weight excluding hydrogens is 234 g/mol. The number of aryl methyl sites for hydroxylation is 1. The Labute approximate surface area is 118 Å². The van der Waals surface area contributed by atoms with Crippen LogP contribution in [0.3, 0.4) is 0 Å². The summed E-state index contributed by atoms with van der Waals surface area (Å²) in [6, 6.07) is 11.2. The third-order valence-corrected chi connectivity index (χ3v) is 3.24. The van der Waals surface area contributed by atoms with Crippen molar-refractivity contribution < 1.29 is 4.74 Å². The molecule has 0 aromatic heterocycles. The van der Waals surface area contributed by atoms with Crippen LogP contribution in [0.2, 0.25) is 0 Å². The van der Waals surface area contributed by atoms with Crippen molar-refractivity contribution in [2.24, 2.45) is 0 Å². The molecule has 0 saturated heterocycles. The lowest BCUT2D eigenvalue weighted by Crippen LogP contribution is -2.34. The van der Waals surface area contributed by atoms with E-state index in [1.165, 1.54) is 24.8 Å². The van der Waals surface area contributed by atoms with Gasteiger partial charge in [-0.05, 0) is 37.8 Å². The zero-order chi connectivity index (χ0) is 13.8. The van der Waals surface area contributed by atoms with Crippen molar-refractivity contribution in [3.05, 3.63) is 35.9 Å². The van der Waals surface area contributed by atoms with Crippen molar-refractivity contribution in [3.63, 3.8) is 0 Å². The first-order valence-corrected chi connectivity index (χ1v) is 7.71. The lowest BCUT2D eigenvalue weighted by Gasteiger charge is -2.17. The average molecular weight is 263 g/mol. The maximum Gasteiger partial charge on any atom is 0.0619 e. The molecule has 1 atom stereocenters. The average Bonchev–Trinajstić information content (AvgIpc) is 2.45. The Morgan fingerprint density at radius 1 is 1.11 bits per heavy atom. The van der Waals surface area contributed by atoms with Crippen LogP contribution >= 0.6 is 0 Å². The second kappa shape index (κ2) is 11.0. The van der Waals surface area contributed by atoms with Gasteiger partial charge in [0, 0.05) is 12.6 Å². The molecule has 0 aliphatic carbocycles. The van der Waals surface area contributed by atoms with Gasteiger partial charge in [-0.1, -0.05) is 50.6 Å². The van der Waals surface area contributed by atoms with E-state index < -0.39 is 0 Å². The van der Waals surface area contributed by atoms with Gasteiger partial charge in [0.25, 0.3) is 0 Å². The minimum absolute atomic E-state index is 0.529. The maximum absolute atomic E-state index is 5.80. The van der Waals surface area contributed by atoms with Gasteiger partial charge in [0.1, 0.15) is 0 Å². The molecule has 1 N–H and O–H groups in total. The van der Waals surface area contributed by atoms with Gasteiger partial charge in [0.15, 0.2) is 0 Å². The van der Waals surface area contributed by atoms with Crippen LogP contribution in [0, 0.1) is 0 Å². The van der Waals surface area contributed by atoms with E-state index in [0.717, 1.165) is 32.6 Å². The van der Waals surface area contributed by atoms with E-state index in [1.54, 1.807) is 0 Å². The molecule has 1 aromatic carbocycles. The molecule has 0 aliphatic heterocycles. The largest absolute Gasteiger partial charge is 0.380 e. The highest BCUT2D eigenvalue weighted by Gasteiger charge is 2.06. The zero-order valence-electron chi connectivity index (χ0n) is 12.5. The van der Waals surface area contributed by atoms with E-state index in [4.69, 9.17) is 4.74 Å². The van der Waals surface area contributed by atoms with Crippen LogP contribution in [-0.2, 0) is 11.2 Å². The fourth-order valence-corrected chi connectivity index (χ4v) is 2.19. The molecule has 2 nitrogen and oxygen atoms in total. The third kappa shape index (κ3) is 8.02. The van der Waals surface area contributed by atoms with Gasteiger partial charge < -0.3 is 10.1 Å². The first kappa shape index (κ1) is 16.2. The highest BCUT2D eigenvalue weighted by Crippen LogP contribution is 2.03. The summed E-state index contributed by atoms with van der Waals surface area (Å²) in [7, 11) is 0. The molecular formula is C17H29NO. The summed E-state index contributed by atoms with van der Waals surface area (Å²) in [5.74, 6) is 0. The summed E-state index contributed by atoms with van der Waals surface area (Å²) in [6.07, 6.45) is 5.83. The van der Waals surface area contributed by atoms with Crippen LogP contribution in [0.4, 0.5) is 0 Å². The van der Waals surface area contributed by atoms with Crippen LogP contribution in [0.25, 0.3) is 0 Å². The quantitative estimate of drug-likeness (QED) is 0.613. The number of nitrogens with one attached hydrogen (secondary N) is 1. The Hall–Kier alpha value is -0.860. The topological polar surface area (TPSA) is 21.3 Å². The van der Waals surface area contributed by atoms with E-state index in [0.29, 0.717) is 6.04 Å². The van der Waals surface area contributed by atoms with Crippen LogP contribution in [-0.4, -0.2) is 25.8 Å². The fourth-order valence-electron chi connectivity index (χ4n) is 2.19. The Morgan fingerprint density at radius 2 is 1.89 bits per heavy atom. The lowest BCUT2D eigenvalue weighted by atomic mass is 10.1. The summed E-state index contributed by atoms with van der Waals surface area (Å²) >= 11 is 0. The van der Waals surface area contributed by atoms with Crippen molar-refractivity contribution in [3.8, 4) is 0 Å². The van der Waals surface area contributed by atoms with Gasteiger partial charge in [0.2, 0.25) is 0 Å². The van der Waals surface area contributed by atoms with E-state index in [-0.39, 0.29) is 0 Å². The molecule has 0 aliphatic rings. The standard InChI is InChI=1S/C17H29NO/c1-3-9-17(18-13-4-2)15-19-14-8-12-16-10-6-5-7-11-16/h5-7,10-11,17-18H,3-4,8-9,12-15H2,1-2H3. The van der Waals surface area contributed by atoms with Gasteiger partial charge in [-0.25, -0.2) is 0 Å². The van der Waals surface area contributed by atoms with E-state index in [1.807, 2.05) is 0 Å². The van der Waals surface area contributed by atoms with Crippen LogP contribution in [0.5, 0.6) is 0 Å². The highest BCUT2D eigenvalue weighted by molar-refractivity contribution is 5.14. The Bertz CT molecular complexity index is 299. The summed E-state index contributed by atoms with van der Waals surface area (Å²) in [5, 5.41) is 3.55. The maximum atomic E-state index is 5.80. The monoisotopic (exact) mass is 263 g/mol. The molecule has 1 unspecified atom stereocenters. The summed E-state index contributed by atoms with van der Waals surface area (Å²) in [4.78, 5) is 0. The molecule has 19 heavy (non-hydrogen) atoms. The fraction of sp³-hybridized carbons (Fsp3) is 0.647. The first-order chi connectivity index (χ1) is 9.36. The van der Waals surface area contributed by atoms with Crippen molar-refractivity contribution in [2.45, 2.75) is 52.0 Å². The Balaban J connectivity index is 2.07. The smallest absolute Gasteiger partial charge is 0.0619 e. The zero-order valence-corrected chi connectivity index (χ0v) is 12.5. The second-order valence-electron chi connectivity index (χ2n) is 5.10. The molecule has 0 saturated carbocycles. The molecule has 0 fully saturated rings. The molecule has 0 heterocycles. The first-order valence-electron chi connectivity index (χ1n) is 7.71. The highest BCUT2D eigenvalue weighted by atomic mass is 16.5. The summed E-state index contributed by atoms with van der Waals surface area (Å²) in [5.41, 5.74) is 1.40. The molecule has 1 aromatic rings. The van der Waals surface area contributed by atoms with Crippen molar-refractivity contribution in [1.29, 1.82) is 0 Å². The van der Waals surface area contributed by atoms with Gasteiger partial charge in [-0.15, -0.1) is 0 Å². The van der Waals surface area contributed by atoms with Crippen LogP contribution in [0.1, 0.15) is 45.1 Å². The van der Waals surface area contributed by atoms with Gasteiger partial charge in [0.05, 0.1) is 6.61 Å². The molecule has 0 spiro atoms. The summed E-state index contributed by atoms with van der Waals surface area (Å²) < 4.78 is 5.80. The van der Waals surface area contributed by atoms with E-state index in [9.17, 15) is 0 Å². The third-order valence-electron chi connectivity index (χ3n) is 3.24. The number of hydrogen-bond donors (Lipinski definition) is 1. The molecule has 2 heteroatoms. The molecule has 1 rings (SSSR count). The molecule has 0 bridgehead atoms. The van der Waals surface area contributed by atoms with Crippen molar-refractivity contribution in [2.75, 3.05) is 19.8 Å². The number of benzene rings is 1. The molecule has 0 radical (unpaired) electrons. The SMILES string of the molecule is CCCNC(CCC)COCCCc1ccccc1. The van der Waals surface area contributed by atoms with E-state index >= 15 is 0 Å². The Morgan fingerprint density at radius 3 is 2.58 bits per heavy atom. The predicted octanol–water partition coefficient (Wildman–Crippen LogP) is 3.80. The van der Waals surface area contributed by atoms with Crippen LogP contribution in [0.15, 0.2) is 30.3 Å². The van der Waals surface area contributed by atoms with Gasteiger partial charge in [-0.3, -0.25) is 0 Å². The minimum atomic E-state index is 0.529. The second-order valence-corrected chi connectivity index (χ2v) is 5.10. The van der Waals surface area contributed by atoms with Crippen LogP contribution < -0.4 is 5.32 Å².